The number of halogens is 1. The number of hydrogen-bond acceptors (Lipinski definition) is 2. The van der Waals surface area contributed by atoms with Gasteiger partial charge in [-0.3, -0.25) is 4.79 Å². The predicted octanol–water partition coefficient (Wildman–Crippen LogP) is 1.37. The highest BCUT2D eigenvalue weighted by Gasteiger charge is 1.96. The van der Waals surface area contributed by atoms with E-state index < -0.39 is 19.4 Å². The molecule has 0 radical (unpaired) electrons. The summed E-state index contributed by atoms with van der Waals surface area (Å²) in [7, 11) is 0. The first-order valence-corrected chi connectivity index (χ1v) is 3.58. The van der Waals surface area contributed by atoms with Crippen molar-refractivity contribution >= 4 is 28.6 Å². The Morgan fingerprint density at radius 3 is 3.38 bits per heavy atom. The summed E-state index contributed by atoms with van der Waals surface area (Å²) in [6.07, 6.45) is 0.145. The third-order valence-electron chi connectivity index (χ3n) is 0.489. The van der Waals surface area contributed by atoms with Crippen molar-refractivity contribution in [3.63, 3.8) is 0 Å². The van der Waals surface area contributed by atoms with Crippen LogP contribution in [0.2, 0.25) is 0 Å². The highest BCUT2D eigenvalue weighted by molar-refractivity contribution is 14.1. The van der Waals surface area contributed by atoms with Gasteiger partial charge in [0.05, 0.1) is 14.4 Å². The van der Waals surface area contributed by atoms with Crippen molar-refractivity contribution < 1.29 is 15.0 Å². The first-order chi connectivity index (χ1) is 5.38. The van der Waals surface area contributed by atoms with Crippen LogP contribution in [0.1, 0.15) is 18.8 Å². The largest absolute Gasteiger partial charge is 0.466 e. The molecule has 0 saturated carbocycles. The third-order valence-corrected chi connectivity index (χ3v) is 1.03. The van der Waals surface area contributed by atoms with Crippen molar-refractivity contribution in [1.29, 1.82) is 0 Å². The fraction of sp³-hybridized carbons (Fsp3) is 0.800. The average molecular weight is 232 g/mol. The molecule has 1 atom stereocenters. The number of rotatable bonds is 3. The molecule has 0 aromatic heterocycles. The van der Waals surface area contributed by atoms with Gasteiger partial charge >= 0.3 is 5.97 Å². The molecule has 0 aliphatic rings. The minimum Gasteiger partial charge on any atom is -0.466 e. The Morgan fingerprint density at radius 1 is 2.12 bits per heavy atom. The van der Waals surface area contributed by atoms with Gasteiger partial charge in [-0.15, -0.1) is 0 Å². The first kappa shape index (κ1) is 3.39. The molecule has 0 aromatic rings. The standard InChI is InChI=1S/C5H9IO2/c1-2-8-5(7)3-4-6/h2-4H2,1H3/i1D3,2D. The van der Waals surface area contributed by atoms with Crippen LogP contribution in [0.4, 0.5) is 0 Å². The minimum atomic E-state index is -2.54. The van der Waals surface area contributed by atoms with E-state index in [1.165, 1.54) is 0 Å². The van der Waals surface area contributed by atoms with Gasteiger partial charge in [-0.1, -0.05) is 22.6 Å². The van der Waals surface area contributed by atoms with Crippen LogP contribution in [-0.4, -0.2) is 17.0 Å². The van der Waals surface area contributed by atoms with Gasteiger partial charge in [-0.05, 0) is 6.85 Å². The third kappa shape index (κ3) is 4.36. The van der Waals surface area contributed by atoms with E-state index in [2.05, 4.69) is 4.74 Å². The van der Waals surface area contributed by atoms with Crippen molar-refractivity contribution in [1.82, 2.24) is 0 Å². The van der Waals surface area contributed by atoms with E-state index in [4.69, 9.17) is 5.48 Å². The number of hydrogen-bond donors (Lipinski definition) is 0. The molecule has 8 heavy (non-hydrogen) atoms. The van der Waals surface area contributed by atoms with Gasteiger partial charge in [-0.25, -0.2) is 0 Å². The second-order valence-corrected chi connectivity index (χ2v) is 2.13. The van der Waals surface area contributed by atoms with E-state index in [9.17, 15) is 4.79 Å². The molecule has 0 rings (SSSR count). The fourth-order valence-electron chi connectivity index (χ4n) is 0.202. The molecular weight excluding hydrogens is 219 g/mol. The van der Waals surface area contributed by atoms with E-state index in [-0.39, 0.29) is 6.42 Å². The van der Waals surface area contributed by atoms with Crippen LogP contribution >= 0.6 is 22.6 Å². The number of carbonyl (C=O) groups is 1. The Balaban J connectivity index is 3.84. The van der Waals surface area contributed by atoms with Gasteiger partial charge in [-0.2, -0.15) is 0 Å². The molecule has 0 heterocycles. The monoisotopic (exact) mass is 232 g/mol. The number of carbonyl (C=O) groups excluding carboxylic acids is 1. The quantitative estimate of drug-likeness (QED) is 0.417. The zero-order valence-corrected chi connectivity index (χ0v) is 6.34. The molecular formula is C5H9IO2. The van der Waals surface area contributed by atoms with Crippen LogP contribution in [0, 0.1) is 0 Å². The molecule has 0 fully saturated rings. The maximum atomic E-state index is 10.7. The highest BCUT2D eigenvalue weighted by atomic mass is 127. The summed E-state index contributed by atoms with van der Waals surface area (Å²) in [6.45, 7) is -4.30. The number of esters is 1. The smallest absolute Gasteiger partial charge is 0.306 e. The van der Waals surface area contributed by atoms with Crippen molar-refractivity contribution in [2.75, 3.05) is 11.0 Å². The van der Waals surface area contributed by atoms with Crippen LogP contribution in [0.25, 0.3) is 0 Å². The molecule has 0 spiro atoms. The van der Waals surface area contributed by atoms with Gasteiger partial charge in [0.25, 0.3) is 0 Å². The lowest BCUT2D eigenvalue weighted by Crippen LogP contribution is -2.03. The molecule has 0 bridgehead atoms. The van der Waals surface area contributed by atoms with Crippen LogP contribution in [0.15, 0.2) is 0 Å². The molecule has 0 amide bonds. The Bertz CT molecular complexity index is 158. The molecule has 48 valence electrons. The number of alkyl halides is 1. The Morgan fingerprint density at radius 2 is 2.88 bits per heavy atom. The summed E-state index contributed by atoms with van der Waals surface area (Å²) < 4.78 is 32.0. The second-order valence-electron chi connectivity index (χ2n) is 1.05. The SMILES string of the molecule is [2H]C(OC(=O)CCI)C([2H])([2H])[2H]. The lowest BCUT2D eigenvalue weighted by Gasteiger charge is -1.95. The average Bonchev–Trinajstić information content (AvgIpc) is 1.85. The molecule has 2 nitrogen and oxygen atoms in total. The van der Waals surface area contributed by atoms with Crippen LogP contribution in [0.3, 0.4) is 0 Å². The molecule has 0 N–H and O–H groups in total. The Hall–Kier alpha value is 0.200. The molecule has 0 aliphatic heterocycles. The topological polar surface area (TPSA) is 26.3 Å². The van der Waals surface area contributed by atoms with Gasteiger partial charge in [0, 0.05) is 8.54 Å². The molecule has 1 unspecified atom stereocenters. The van der Waals surface area contributed by atoms with E-state index >= 15 is 0 Å². The highest BCUT2D eigenvalue weighted by Crippen LogP contribution is 1.90. The fourth-order valence-corrected chi connectivity index (χ4v) is 0.642. The van der Waals surface area contributed by atoms with Gasteiger partial charge < -0.3 is 4.74 Å². The zero-order chi connectivity index (χ0) is 9.78. The summed E-state index contributed by atoms with van der Waals surface area (Å²) >= 11 is 1.97. The van der Waals surface area contributed by atoms with Crippen LogP contribution in [0.5, 0.6) is 0 Å². The first-order valence-electron chi connectivity index (χ1n) is 4.13. The van der Waals surface area contributed by atoms with E-state index in [0.29, 0.717) is 4.43 Å². The van der Waals surface area contributed by atoms with Crippen molar-refractivity contribution in [2.45, 2.75) is 13.3 Å². The van der Waals surface area contributed by atoms with Crippen molar-refractivity contribution in [2.24, 2.45) is 0 Å². The summed E-state index contributed by atoms with van der Waals surface area (Å²) in [5, 5.41) is 0. The zero-order valence-electron chi connectivity index (χ0n) is 8.19. The maximum Gasteiger partial charge on any atom is 0.306 e. The molecule has 0 aliphatic carbocycles. The lowest BCUT2D eigenvalue weighted by atomic mass is 10.5. The summed E-state index contributed by atoms with van der Waals surface area (Å²) in [5.41, 5.74) is 0. The van der Waals surface area contributed by atoms with Gasteiger partial charge in [0.2, 0.25) is 0 Å². The molecule has 3 heteroatoms. The maximum absolute atomic E-state index is 10.7. The summed E-state index contributed by atoms with van der Waals surface area (Å²) in [6, 6.07) is 0. The summed E-state index contributed by atoms with van der Waals surface area (Å²) in [5.74, 6) is -0.638. The molecule has 0 saturated heterocycles. The normalized spacial score (nSPS) is 21.6. The van der Waals surface area contributed by atoms with Crippen LogP contribution < -0.4 is 0 Å². The van der Waals surface area contributed by atoms with E-state index in [0.717, 1.165) is 0 Å². The van der Waals surface area contributed by atoms with Gasteiger partial charge in [0.1, 0.15) is 0 Å². The van der Waals surface area contributed by atoms with Crippen molar-refractivity contribution in [3.8, 4) is 0 Å². The summed E-state index contributed by atoms with van der Waals surface area (Å²) in [4.78, 5) is 10.7. The predicted molar refractivity (Wildman–Crippen MR) is 40.1 cm³/mol. The minimum absolute atomic E-state index is 0.145. The molecule has 0 aromatic carbocycles. The lowest BCUT2D eigenvalue weighted by molar-refractivity contribution is -0.142. The van der Waals surface area contributed by atoms with E-state index in [1.54, 1.807) is 0 Å². The van der Waals surface area contributed by atoms with Gasteiger partial charge in [0.15, 0.2) is 0 Å². The van der Waals surface area contributed by atoms with E-state index in [1.807, 2.05) is 22.6 Å². The number of ether oxygens (including phenoxy) is 1. The Kier molecular flexibility index (Phi) is 2.26. The Labute approximate surface area is 68.4 Å². The second kappa shape index (κ2) is 5.34. The van der Waals surface area contributed by atoms with Crippen LogP contribution in [-0.2, 0) is 9.53 Å². The van der Waals surface area contributed by atoms with Crippen molar-refractivity contribution in [3.05, 3.63) is 0 Å².